The van der Waals surface area contributed by atoms with Crippen LogP contribution in [0, 0.1) is 6.92 Å². The second-order valence-electron chi connectivity index (χ2n) is 6.82. The second-order valence-corrected chi connectivity index (χ2v) is 7.65. The summed E-state index contributed by atoms with van der Waals surface area (Å²) in [4.78, 5) is 17.5. The van der Waals surface area contributed by atoms with Crippen molar-refractivity contribution in [2.24, 2.45) is 15.3 Å². The van der Waals surface area contributed by atoms with Gasteiger partial charge in [0.1, 0.15) is 5.75 Å². The summed E-state index contributed by atoms with van der Waals surface area (Å²) in [5.74, 6) is 0.512. The number of hydrazone groups is 1. The van der Waals surface area contributed by atoms with Crippen LogP contribution in [0.1, 0.15) is 19.4 Å². The maximum absolute atomic E-state index is 12.9. The molecule has 30 heavy (non-hydrogen) atoms. The van der Waals surface area contributed by atoms with Crippen molar-refractivity contribution in [3.63, 3.8) is 0 Å². The molecule has 2 heterocycles. The summed E-state index contributed by atoms with van der Waals surface area (Å²) in [6, 6.07) is 14.6. The van der Waals surface area contributed by atoms with Crippen LogP contribution in [0.5, 0.6) is 5.75 Å². The molecule has 0 unspecified atom stereocenters. The molecule has 152 valence electrons. The van der Waals surface area contributed by atoms with Crippen molar-refractivity contribution in [3.05, 3.63) is 59.5 Å². The van der Waals surface area contributed by atoms with E-state index in [4.69, 9.17) is 4.74 Å². The third-order valence-corrected chi connectivity index (χ3v) is 5.37. The summed E-state index contributed by atoms with van der Waals surface area (Å²) < 4.78 is 5.42. The van der Waals surface area contributed by atoms with E-state index >= 15 is 0 Å². The van der Waals surface area contributed by atoms with Gasteiger partial charge in [-0.05, 0) is 45.0 Å². The Kier molecular flexibility index (Phi) is 5.67. The number of carbonyl (C=O) groups excluding carboxylic acids is 1. The molecule has 1 amide bonds. The highest BCUT2D eigenvalue weighted by Crippen LogP contribution is 2.31. The minimum Gasteiger partial charge on any atom is -0.494 e. The van der Waals surface area contributed by atoms with E-state index in [1.54, 1.807) is 19.1 Å². The number of carbonyl (C=O) groups is 1. The van der Waals surface area contributed by atoms with Gasteiger partial charge < -0.3 is 4.74 Å². The molecule has 1 aliphatic rings. The lowest BCUT2D eigenvalue weighted by Gasteiger charge is -2.08. The van der Waals surface area contributed by atoms with Crippen molar-refractivity contribution in [2.75, 3.05) is 11.6 Å². The molecule has 3 aromatic rings. The number of hydrogen-bond donors (Lipinski definition) is 0. The van der Waals surface area contributed by atoms with Crippen molar-refractivity contribution < 1.29 is 9.53 Å². The Morgan fingerprint density at radius 2 is 1.83 bits per heavy atom. The van der Waals surface area contributed by atoms with Crippen molar-refractivity contribution in [3.8, 4) is 17.0 Å². The molecule has 0 fully saturated rings. The monoisotopic (exact) mass is 419 g/mol. The van der Waals surface area contributed by atoms with E-state index in [9.17, 15) is 4.79 Å². The summed E-state index contributed by atoms with van der Waals surface area (Å²) in [6.07, 6.45) is 0. The molecular weight excluding hydrogens is 398 g/mol. The summed E-state index contributed by atoms with van der Waals surface area (Å²) in [5.41, 5.74) is 4.23. The van der Waals surface area contributed by atoms with E-state index in [1.165, 1.54) is 21.9 Å². The highest BCUT2D eigenvalue weighted by Gasteiger charge is 2.36. The van der Waals surface area contributed by atoms with Gasteiger partial charge in [0.15, 0.2) is 6.04 Å². The largest absolute Gasteiger partial charge is 0.494 e. The number of anilines is 1. The first-order valence-electron chi connectivity index (χ1n) is 9.60. The Hall–Kier alpha value is -3.39. The van der Waals surface area contributed by atoms with Crippen LogP contribution in [-0.2, 0) is 4.79 Å². The first-order valence-corrected chi connectivity index (χ1v) is 10.5. The zero-order valence-electron chi connectivity index (χ0n) is 16.9. The van der Waals surface area contributed by atoms with Crippen LogP contribution in [0.15, 0.2) is 69.2 Å². The molecule has 0 radical (unpaired) electrons. The third-order valence-electron chi connectivity index (χ3n) is 4.55. The molecule has 4 rings (SSSR count). The van der Waals surface area contributed by atoms with E-state index in [2.05, 4.69) is 20.3 Å². The number of benzene rings is 2. The topological polar surface area (TPSA) is 79.5 Å². The highest BCUT2D eigenvalue weighted by molar-refractivity contribution is 7.14. The van der Waals surface area contributed by atoms with Crippen LogP contribution in [0.2, 0.25) is 0 Å². The molecule has 1 aromatic heterocycles. The quantitative estimate of drug-likeness (QED) is 0.502. The summed E-state index contributed by atoms with van der Waals surface area (Å²) in [6.45, 7) is 6.34. The van der Waals surface area contributed by atoms with Crippen molar-refractivity contribution in [1.29, 1.82) is 0 Å². The van der Waals surface area contributed by atoms with E-state index in [0.29, 0.717) is 23.1 Å². The Bertz CT molecular complexity index is 1100. The summed E-state index contributed by atoms with van der Waals surface area (Å²) >= 11 is 1.38. The molecule has 1 atom stereocenters. The fraction of sp³-hybridized carbons (Fsp3) is 0.227. The minimum absolute atomic E-state index is 0.257. The molecule has 2 aromatic carbocycles. The van der Waals surface area contributed by atoms with Gasteiger partial charge in [-0.3, -0.25) is 4.79 Å². The first kappa shape index (κ1) is 19.9. The average Bonchev–Trinajstić information content (AvgIpc) is 3.33. The van der Waals surface area contributed by atoms with Crippen LogP contribution >= 0.6 is 11.3 Å². The van der Waals surface area contributed by atoms with Crippen molar-refractivity contribution in [1.82, 2.24) is 4.98 Å². The van der Waals surface area contributed by atoms with Gasteiger partial charge in [0.2, 0.25) is 5.13 Å². The van der Waals surface area contributed by atoms with Crippen molar-refractivity contribution in [2.45, 2.75) is 26.8 Å². The van der Waals surface area contributed by atoms with Gasteiger partial charge in [-0.15, -0.1) is 11.3 Å². The van der Waals surface area contributed by atoms with Gasteiger partial charge in [-0.1, -0.05) is 29.8 Å². The molecule has 8 heteroatoms. The van der Waals surface area contributed by atoms with Gasteiger partial charge in [0, 0.05) is 10.9 Å². The van der Waals surface area contributed by atoms with Crippen molar-refractivity contribution >= 4 is 33.8 Å². The normalized spacial score (nSPS) is 16.4. The lowest BCUT2D eigenvalue weighted by atomic mass is 10.1. The van der Waals surface area contributed by atoms with Gasteiger partial charge in [-0.25, -0.2) is 4.98 Å². The van der Waals surface area contributed by atoms with Gasteiger partial charge in [-0.2, -0.15) is 20.3 Å². The van der Waals surface area contributed by atoms with E-state index in [-0.39, 0.29) is 5.91 Å². The lowest BCUT2D eigenvalue weighted by Crippen LogP contribution is -2.29. The van der Waals surface area contributed by atoms with E-state index in [1.807, 2.05) is 55.6 Å². The molecule has 0 N–H and O–H groups in total. The number of hydrogen-bond acceptors (Lipinski definition) is 7. The maximum Gasteiger partial charge on any atom is 0.282 e. The Balaban J connectivity index is 1.49. The Morgan fingerprint density at radius 1 is 1.10 bits per heavy atom. The number of aryl methyl sites for hydroxylation is 1. The molecule has 1 aliphatic heterocycles. The van der Waals surface area contributed by atoms with Crippen LogP contribution in [0.25, 0.3) is 11.3 Å². The minimum atomic E-state index is -0.747. The average molecular weight is 420 g/mol. The van der Waals surface area contributed by atoms with E-state index < -0.39 is 6.04 Å². The fourth-order valence-electron chi connectivity index (χ4n) is 2.94. The smallest absolute Gasteiger partial charge is 0.282 e. The zero-order chi connectivity index (χ0) is 21.1. The number of azo groups is 1. The fourth-order valence-corrected chi connectivity index (χ4v) is 3.73. The summed E-state index contributed by atoms with van der Waals surface area (Å²) in [7, 11) is 0. The lowest BCUT2D eigenvalue weighted by molar-refractivity contribution is -0.117. The second kappa shape index (κ2) is 8.54. The number of rotatable bonds is 6. The van der Waals surface area contributed by atoms with Gasteiger partial charge in [0.05, 0.1) is 23.7 Å². The molecule has 7 nitrogen and oxygen atoms in total. The van der Waals surface area contributed by atoms with Crippen LogP contribution in [-0.4, -0.2) is 29.3 Å². The number of nitrogens with zero attached hydrogens (tertiary/aromatic N) is 5. The third kappa shape index (κ3) is 4.13. The molecule has 0 saturated carbocycles. The number of aromatic nitrogens is 1. The molecule has 0 saturated heterocycles. The zero-order valence-corrected chi connectivity index (χ0v) is 17.8. The highest BCUT2D eigenvalue weighted by atomic mass is 32.1. The predicted octanol–water partition coefficient (Wildman–Crippen LogP) is 5.39. The van der Waals surface area contributed by atoms with E-state index in [0.717, 1.165) is 17.0 Å². The van der Waals surface area contributed by atoms with Crippen LogP contribution < -0.4 is 9.75 Å². The molecule has 0 aliphatic carbocycles. The first-order chi connectivity index (χ1) is 14.5. The molecular formula is C22H21N5O2S. The van der Waals surface area contributed by atoms with Gasteiger partial charge >= 0.3 is 0 Å². The van der Waals surface area contributed by atoms with Crippen LogP contribution in [0.3, 0.4) is 0 Å². The predicted molar refractivity (Wildman–Crippen MR) is 119 cm³/mol. The number of amides is 1. The Labute approximate surface area is 178 Å². The molecule has 0 bridgehead atoms. The SMILES string of the molecule is CCOc1ccc(N=N[C@H]2C(=O)N(c3nc(-c4ccc(C)cc4)cs3)N=C2C)cc1. The van der Waals surface area contributed by atoms with Crippen LogP contribution in [0.4, 0.5) is 10.8 Å². The summed E-state index contributed by atoms with van der Waals surface area (Å²) in [5, 5.41) is 16.6. The van der Waals surface area contributed by atoms with Gasteiger partial charge in [0.25, 0.3) is 5.91 Å². The maximum atomic E-state index is 12.9. The number of ether oxygens (including phenoxy) is 1. The molecule has 0 spiro atoms. The number of thiazole rings is 1. The standard InChI is InChI=1S/C22H21N5O2S/c1-4-29-18-11-9-17(10-12-18)24-25-20-15(3)26-27(21(20)28)22-23-19(13-30-22)16-7-5-14(2)6-8-16/h5-13,20H,4H2,1-3H3/t20-/m1/s1. The Morgan fingerprint density at radius 3 is 2.53 bits per heavy atom.